The van der Waals surface area contributed by atoms with E-state index in [0.29, 0.717) is 78.2 Å². The highest BCUT2D eigenvalue weighted by atomic mass is 31.2. The van der Waals surface area contributed by atoms with Crippen LogP contribution in [0.15, 0.2) is 12.4 Å². The van der Waals surface area contributed by atoms with Gasteiger partial charge in [0.2, 0.25) is 7.37 Å². The van der Waals surface area contributed by atoms with Crippen molar-refractivity contribution in [1.82, 2.24) is 19.6 Å². The molecule has 1 aliphatic rings. The molecule has 0 bridgehead atoms. The summed E-state index contributed by atoms with van der Waals surface area (Å²) < 4.78 is 23.3. The Morgan fingerprint density at radius 2 is 1.32 bits per heavy atom. The van der Waals surface area contributed by atoms with Gasteiger partial charge in [0.25, 0.3) is 0 Å². The number of nitrogens with zero attached hydrogens (tertiary/aromatic N) is 4. The van der Waals surface area contributed by atoms with Crippen molar-refractivity contribution >= 4 is 25.9 Å². The molecule has 0 radical (unpaired) electrons. The van der Waals surface area contributed by atoms with Crippen LogP contribution in [-0.4, -0.2) is 136 Å². The summed E-state index contributed by atoms with van der Waals surface area (Å²) in [5.74, 6) is 1.10. The van der Waals surface area contributed by atoms with Gasteiger partial charge in [0, 0.05) is 72.2 Å². The van der Waals surface area contributed by atoms with Gasteiger partial charge in [0.15, 0.2) is 0 Å². The number of hydrogen-bond acceptors (Lipinski definition) is 10. The Hall–Kier alpha value is -1.42. The molecular weight excluding hydrogens is 459 g/mol. The molecular formula is C23H43N4O6P. The van der Waals surface area contributed by atoms with Gasteiger partial charge in [-0.3, -0.25) is 24.1 Å². The van der Waals surface area contributed by atoms with Crippen LogP contribution in [0, 0.1) is 0 Å². The van der Waals surface area contributed by atoms with E-state index >= 15 is 0 Å². The molecule has 0 aromatic carbocycles. The van der Waals surface area contributed by atoms with Crippen LogP contribution in [0.2, 0.25) is 0 Å². The number of carbonyl (C=O) groups is 3. The first-order chi connectivity index (χ1) is 16.0. The number of aldehydes is 2. The third-order valence-corrected chi connectivity index (χ3v) is 7.68. The van der Waals surface area contributed by atoms with Crippen LogP contribution in [0.25, 0.3) is 0 Å². The van der Waals surface area contributed by atoms with Gasteiger partial charge in [-0.25, -0.2) is 0 Å². The summed E-state index contributed by atoms with van der Waals surface area (Å²) in [5.41, 5.74) is -0.562. The number of hydrogen-bond donors (Lipinski definition) is 0. The topological polar surface area (TPSA) is 99.7 Å². The molecule has 0 aromatic rings. The maximum absolute atomic E-state index is 12.6. The van der Waals surface area contributed by atoms with Gasteiger partial charge in [0.05, 0.1) is 19.6 Å². The third kappa shape index (κ3) is 12.9. The fourth-order valence-corrected chi connectivity index (χ4v) is 4.71. The van der Waals surface area contributed by atoms with Crippen LogP contribution < -0.4 is 0 Å². The lowest BCUT2D eigenvalue weighted by Crippen LogP contribution is -2.48. The molecule has 1 saturated heterocycles. The predicted octanol–water partition coefficient (Wildman–Crippen LogP) is 1.02. The van der Waals surface area contributed by atoms with E-state index in [-0.39, 0.29) is 12.5 Å². The Bertz CT molecular complexity index is 699. The van der Waals surface area contributed by atoms with Crippen molar-refractivity contribution in [1.29, 1.82) is 0 Å². The van der Waals surface area contributed by atoms with Gasteiger partial charge in [-0.05, 0) is 26.6 Å². The molecule has 34 heavy (non-hydrogen) atoms. The molecule has 0 saturated carbocycles. The van der Waals surface area contributed by atoms with E-state index in [0.717, 1.165) is 12.6 Å². The van der Waals surface area contributed by atoms with Crippen molar-refractivity contribution in [3.8, 4) is 0 Å². The van der Waals surface area contributed by atoms with Gasteiger partial charge >= 0.3 is 5.97 Å². The van der Waals surface area contributed by atoms with Crippen LogP contribution in [-0.2, 0) is 28.2 Å². The predicted molar refractivity (Wildman–Crippen MR) is 133 cm³/mol. The summed E-state index contributed by atoms with van der Waals surface area (Å²) in [7, 11) is -1.46. The zero-order valence-corrected chi connectivity index (χ0v) is 22.2. The summed E-state index contributed by atoms with van der Waals surface area (Å²) in [6.45, 7) is 15.6. The van der Waals surface area contributed by atoms with E-state index < -0.39 is 13.0 Å². The van der Waals surface area contributed by atoms with Crippen molar-refractivity contribution < 1.29 is 28.2 Å². The van der Waals surface area contributed by atoms with Crippen molar-refractivity contribution in [2.75, 3.05) is 91.8 Å². The second-order valence-corrected chi connectivity index (χ2v) is 12.1. The van der Waals surface area contributed by atoms with Crippen LogP contribution in [0.1, 0.15) is 20.8 Å². The normalized spacial score (nSPS) is 20.5. The maximum Gasteiger partial charge on any atom is 0.320 e. The van der Waals surface area contributed by atoms with Gasteiger partial charge < -0.3 is 23.7 Å². The summed E-state index contributed by atoms with van der Waals surface area (Å²) in [6.07, 6.45) is 2.11. The van der Waals surface area contributed by atoms with Crippen LogP contribution in [0.3, 0.4) is 0 Å². The summed E-state index contributed by atoms with van der Waals surface area (Å²) in [6, 6.07) is 0. The molecule has 11 heteroatoms. The molecule has 0 spiro atoms. The second-order valence-electron chi connectivity index (χ2n) is 9.45. The molecule has 0 N–H and O–H groups in total. The first-order valence-corrected chi connectivity index (χ1v) is 13.7. The van der Waals surface area contributed by atoms with Gasteiger partial charge in [-0.15, -0.1) is 0 Å². The number of rotatable bonds is 11. The highest BCUT2D eigenvalue weighted by Crippen LogP contribution is 2.46. The molecule has 0 aromatic heterocycles. The fourth-order valence-electron chi connectivity index (χ4n) is 3.63. The van der Waals surface area contributed by atoms with Crippen LogP contribution in [0.4, 0.5) is 0 Å². The monoisotopic (exact) mass is 502 g/mol. The SMILES string of the molecule is C=CP(=O)(CCN1CCN(CC=O)CCN(CC=O)CCN(CC(=O)OC(C)(C)C)CC1)OC. The molecule has 1 heterocycles. The molecule has 1 atom stereocenters. The van der Waals surface area contributed by atoms with Crippen molar-refractivity contribution in [2.24, 2.45) is 0 Å². The Morgan fingerprint density at radius 1 is 0.882 bits per heavy atom. The quantitative estimate of drug-likeness (QED) is 0.231. The molecule has 196 valence electrons. The molecule has 0 aliphatic carbocycles. The second kappa shape index (κ2) is 15.5. The van der Waals surface area contributed by atoms with Gasteiger partial charge in [-0.1, -0.05) is 6.58 Å². The van der Waals surface area contributed by atoms with E-state index in [1.54, 1.807) is 0 Å². The van der Waals surface area contributed by atoms with Gasteiger partial charge in [-0.2, -0.15) is 0 Å². The maximum atomic E-state index is 12.6. The third-order valence-electron chi connectivity index (χ3n) is 5.68. The molecule has 1 rings (SSSR count). The van der Waals surface area contributed by atoms with E-state index in [9.17, 15) is 18.9 Å². The van der Waals surface area contributed by atoms with Crippen LogP contribution >= 0.6 is 7.37 Å². The first-order valence-electron chi connectivity index (χ1n) is 11.8. The smallest absolute Gasteiger partial charge is 0.320 e. The molecule has 0 amide bonds. The fraction of sp³-hybridized carbons (Fsp3) is 0.783. The van der Waals surface area contributed by atoms with Gasteiger partial charge in [0.1, 0.15) is 18.2 Å². The number of ether oxygens (including phenoxy) is 1. The van der Waals surface area contributed by atoms with E-state index in [4.69, 9.17) is 9.26 Å². The highest BCUT2D eigenvalue weighted by Gasteiger charge is 2.23. The van der Waals surface area contributed by atoms with E-state index in [1.165, 1.54) is 12.9 Å². The summed E-state index contributed by atoms with van der Waals surface area (Å²) in [5, 5.41) is 0. The number of carbonyl (C=O) groups excluding carboxylic acids is 3. The summed E-state index contributed by atoms with van der Waals surface area (Å²) in [4.78, 5) is 43.1. The zero-order chi connectivity index (χ0) is 25.6. The average molecular weight is 503 g/mol. The number of esters is 1. The molecule has 1 aliphatic heterocycles. The van der Waals surface area contributed by atoms with E-state index in [1.807, 2.05) is 30.6 Å². The molecule has 1 unspecified atom stereocenters. The highest BCUT2D eigenvalue weighted by molar-refractivity contribution is 7.62. The largest absolute Gasteiger partial charge is 0.459 e. The zero-order valence-electron chi connectivity index (χ0n) is 21.3. The Morgan fingerprint density at radius 3 is 1.71 bits per heavy atom. The standard InChI is InChI=1S/C23H43N4O6P/c1-6-34(31,32-5)20-17-26-10-9-24(15-18-28)7-8-25(16-19-29)11-13-27(14-12-26)21-22(30)33-23(2,3)4/h6,18-19H,1,7-17,20-21H2,2-5H3. The minimum atomic E-state index is -2.89. The van der Waals surface area contributed by atoms with E-state index in [2.05, 4.69) is 16.4 Å². The molecule has 10 nitrogen and oxygen atoms in total. The van der Waals surface area contributed by atoms with Crippen molar-refractivity contribution in [2.45, 2.75) is 26.4 Å². The molecule has 1 fully saturated rings. The lowest BCUT2D eigenvalue weighted by Gasteiger charge is -2.33. The minimum absolute atomic E-state index is 0.153. The Labute approximate surface area is 204 Å². The van der Waals surface area contributed by atoms with Crippen LogP contribution in [0.5, 0.6) is 0 Å². The first kappa shape index (κ1) is 30.6. The average Bonchev–Trinajstić information content (AvgIpc) is 2.77. The van der Waals surface area contributed by atoms with Crippen molar-refractivity contribution in [3.05, 3.63) is 12.4 Å². The minimum Gasteiger partial charge on any atom is -0.459 e. The van der Waals surface area contributed by atoms with Crippen molar-refractivity contribution in [3.63, 3.8) is 0 Å². The lowest BCUT2D eigenvalue weighted by molar-refractivity contribution is -0.156. The Balaban J connectivity index is 2.97. The lowest BCUT2D eigenvalue weighted by atomic mass is 10.2. The Kier molecular flexibility index (Phi) is 14.0. The summed E-state index contributed by atoms with van der Waals surface area (Å²) >= 11 is 0.